The summed E-state index contributed by atoms with van der Waals surface area (Å²) < 4.78 is 0. The number of nitro groups is 1. The van der Waals surface area contributed by atoms with Gasteiger partial charge >= 0.3 is 0 Å². The highest BCUT2D eigenvalue weighted by Crippen LogP contribution is 2.04. The van der Waals surface area contributed by atoms with Gasteiger partial charge in [0.25, 0.3) is 0 Å². The van der Waals surface area contributed by atoms with Crippen molar-refractivity contribution >= 4 is 0 Å². The molecule has 5 heteroatoms. The third-order valence-electron chi connectivity index (χ3n) is 2.14. The van der Waals surface area contributed by atoms with Gasteiger partial charge in [-0.25, -0.2) is 0 Å². The van der Waals surface area contributed by atoms with Crippen LogP contribution in [0.3, 0.4) is 0 Å². The summed E-state index contributed by atoms with van der Waals surface area (Å²) in [5.74, 6) is 0. The second-order valence-electron chi connectivity index (χ2n) is 3.44. The third kappa shape index (κ3) is 4.05. The van der Waals surface area contributed by atoms with Gasteiger partial charge in [0.05, 0.1) is 0 Å². The van der Waals surface area contributed by atoms with E-state index >= 15 is 0 Å². The van der Waals surface area contributed by atoms with Crippen molar-refractivity contribution in [3.05, 3.63) is 46.0 Å². The molecule has 15 heavy (non-hydrogen) atoms. The molecule has 0 amide bonds. The minimum Gasteiger partial charge on any atom is -0.385 e. The minimum absolute atomic E-state index is 0.440. The van der Waals surface area contributed by atoms with E-state index in [1.807, 2.05) is 30.3 Å². The van der Waals surface area contributed by atoms with Crippen LogP contribution in [-0.4, -0.2) is 28.7 Å². The van der Waals surface area contributed by atoms with Crippen molar-refractivity contribution < 1.29 is 10.0 Å². The predicted octanol–water partition coefficient (Wildman–Crippen LogP) is 0.194. The highest BCUT2D eigenvalue weighted by Gasteiger charge is 2.20. The summed E-state index contributed by atoms with van der Waals surface area (Å²) in [5, 5.41) is 19.5. The van der Waals surface area contributed by atoms with E-state index in [9.17, 15) is 15.2 Å². The van der Waals surface area contributed by atoms with Crippen LogP contribution in [0, 0.1) is 10.1 Å². The van der Waals surface area contributed by atoms with Crippen molar-refractivity contribution in [3.8, 4) is 0 Å². The Hall–Kier alpha value is -1.46. The molecule has 0 saturated carbocycles. The fourth-order valence-electron chi connectivity index (χ4n) is 1.31. The van der Waals surface area contributed by atoms with E-state index < -0.39 is 23.6 Å². The Morgan fingerprint density at radius 3 is 2.53 bits per heavy atom. The Morgan fingerprint density at radius 1 is 1.40 bits per heavy atom. The second-order valence-corrected chi connectivity index (χ2v) is 3.44. The first-order valence-corrected chi connectivity index (χ1v) is 4.69. The molecular weight excluding hydrogens is 196 g/mol. The molecule has 82 valence electrons. The monoisotopic (exact) mass is 210 g/mol. The molecular formula is C10H14N2O3. The number of hydrogen-bond acceptors (Lipinski definition) is 4. The van der Waals surface area contributed by atoms with Crippen LogP contribution >= 0.6 is 0 Å². The van der Waals surface area contributed by atoms with Crippen LogP contribution in [0.1, 0.15) is 5.56 Å². The molecule has 1 aromatic carbocycles. The minimum atomic E-state index is -1.10. The molecule has 0 fully saturated rings. The molecule has 0 radical (unpaired) electrons. The highest BCUT2D eigenvalue weighted by molar-refractivity contribution is 5.16. The predicted molar refractivity (Wildman–Crippen MR) is 56.0 cm³/mol. The number of nitrogens with zero attached hydrogens (tertiary/aromatic N) is 1. The standard InChI is InChI=1S/C10H14N2O3/c11-9(10(13)7-12(14)15)6-8-4-2-1-3-5-8/h1-5,9-10,13H,6-7,11H2/t9-,10?/m0/s1. The number of nitrogens with two attached hydrogens (primary N) is 1. The largest absolute Gasteiger partial charge is 0.385 e. The van der Waals surface area contributed by atoms with Crippen molar-refractivity contribution in [2.45, 2.75) is 18.6 Å². The zero-order valence-corrected chi connectivity index (χ0v) is 8.24. The number of rotatable bonds is 5. The highest BCUT2D eigenvalue weighted by atomic mass is 16.6. The summed E-state index contributed by atoms with van der Waals surface area (Å²) in [6.07, 6.45) is -0.657. The van der Waals surface area contributed by atoms with Gasteiger partial charge in [-0.2, -0.15) is 0 Å². The maximum atomic E-state index is 10.2. The molecule has 0 aliphatic heterocycles. The maximum absolute atomic E-state index is 10.2. The summed E-state index contributed by atoms with van der Waals surface area (Å²) >= 11 is 0. The van der Waals surface area contributed by atoms with Crippen LogP contribution in [0.2, 0.25) is 0 Å². The second kappa shape index (κ2) is 5.43. The smallest absolute Gasteiger partial charge is 0.230 e. The van der Waals surface area contributed by atoms with E-state index in [0.717, 1.165) is 5.56 Å². The molecule has 0 aliphatic rings. The number of aliphatic hydroxyl groups is 1. The molecule has 1 rings (SSSR count). The third-order valence-corrected chi connectivity index (χ3v) is 2.14. The Kier molecular flexibility index (Phi) is 4.20. The molecule has 0 saturated heterocycles. The van der Waals surface area contributed by atoms with E-state index in [2.05, 4.69) is 0 Å². The maximum Gasteiger partial charge on any atom is 0.230 e. The number of hydrogen-bond donors (Lipinski definition) is 2. The zero-order chi connectivity index (χ0) is 11.3. The van der Waals surface area contributed by atoms with Gasteiger partial charge in [-0.05, 0) is 12.0 Å². The Morgan fingerprint density at radius 2 is 2.00 bits per heavy atom. The molecule has 1 aromatic rings. The molecule has 3 N–H and O–H groups in total. The lowest BCUT2D eigenvalue weighted by atomic mass is 10.0. The van der Waals surface area contributed by atoms with Crippen LogP contribution in [-0.2, 0) is 6.42 Å². The van der Waals surface area contributed by atoms with E-state index in [4.69, 9.17) is 5.73 Å². The van der Waals surface area contributed by atoms with Gasteiger partial charge < -0.3 is 10.8 Å². The summed E-state index contributed by atoms with van der Waals surface area (Å²) in [6, 6.07) is 8.75. The summed E-state index contributed by atoms with van der Waals surface area (Å²) in [5.41, 5.74) is 6.61. The molecule has 5 nitrogen and oxygen atoms in total. The molecule has 0 aliphatic carbocycles. The fourth-order valence-corrected chi connectivity index (χ4v) is 1.31. The average molecular weight is 210 g/mol. The van der Waals surface area contributed by atoms with Crippen LogP contribution in [0.25, 0.3) is 0 Å². The van der Waals surface area contributed by atoms with Crippen LogP contribution in [0.5, 0.6) is 0 Å². The van der Waals surface area contributed by atoms with E-state index in [1.165, 1.54) is 0 Å². The fraction of sp³-hybridized carbons (Fsp3) is 0.400. The summed E-state index contributed by atoms with van der Waals surface area (Å²) in [4.78, 5) is 9.60. The number of aliphatic hydroxyl groups excluding tert-OH is 1. The zero-order valence-electron chi connectivity index (χ0n) is 8.24. The molecule has 0 aromatic heterocycles. The van der Waals surface area contributed by atoms with Gasteiger partial charge in [0.15, 0.2) is 0 Å². The lowest BCUT2D eigenvalue weighted by Gasteiger charge is -2.15. The first kappa shape index (κ1) is 11.6. The average Bonchev–Trinajstić information content (AvgIpc) is 2.18. The van der Waals surface area contributed by atoms with Gasteiger partial charge in [0.2, 0.25) is 6.54 Å². The van der Waals surface area contributed by atoms with E-state index in [0.29, 0.717) is 6.42 Å². The molecule has 0 spiro atoms. The topological polar surface area (TPSA) is 89.4 Å². The quantitative estimate of drug-likeness (QED) is 0.536. The summed E-state index contributed by atoms with van der Waals surface area (Å²) in [7, 11) is 0. The van der Waals surface area contributed by atoms with Crippen LogP contribution < -0.4 is 5.73 Å². The molecule has 0 bridgehead atoms. The van der Waals surface area contributed by atoms with Crippen molar-refractivity contribution in [2.75, 3.05) is 6.54 Å². The van der Waals surface area contributed by atoms with Gasteiger partial charge in [-0.1, -0.05) is 30.3 Å². The SMILES string of the molecule is N[C@@H](Cc1ccccc1)C(O)C[N+](=O)[O-]. The Bertz CT molecular complexity index is 316. The van der Waals surface area contributed by atoms with Gasteiger partial charge in [-0.15, -0.1) is 0 Å². The Balaban J connectivity index is 2.48. The first-order valence-electron chi connectivity index (χ1n) is 4.69. The van der Waals surface area contributed by atoms with E-state index in [-0.39, 0.29) is 0 Å². The van der Waals surface area contributed by atoms with Gasteiger partial charge in [0, 0.05) is 11.0 Å². The van der Waals surface area contributed by atoms with Crippen molar-refractivity contribution in [1.82, 2.24) is 0 Å². The Labute approximate surface area is 87.7 Å². The van der Waals surface area contributed by atoms with Crippen molar-refractivity contribution in [2.24, 2.45) is 5.73 Å². The van der Waals surface area contributed by atoms with Crippen LogP contribution in [0.15, 0.2) is 30.3 Å². The van der Waals surface area contributed by atoms with Gasteiger partial charge in [0.1, 0.15) is 6.10 Å². The van der Waals surface area contributed by atoms with E-state index in [1.54, 1.807) is 0 Å². The van der Waals surface area contributed by atoms with Crippen molar-refractivity contribution in [1.29, 1.82) is 0 Å². The number of benzene rings is 1. The lowest BCUT2D eigenvalue weighted by molar-refractivity contribution is -0.490. The first-order chi connectivity index (χ1) is 7.09. The normalized spacial score (nSPS) is 14.5. The molecule has 2 atom stereocenters. The van der Waals surface area contributed by atoms with Crippen LogP contribution in [0.4, 0.5) is 0 Å². The summed E-state index contributed by atoms with van der Waals surface area (Å²) in [6.45, 7) is -0.506. The lowest BCUT2D eigenvalue weighted by Crippen LogP contribution is -2.40. The van der Waals surface area contributed by atoms with Gasteiger partial charge in [-0.3, -0.25) is 10.1 Å². The van der Waals surface area contributed by atoms with Crippen molar-refractivity contribution in [3.63, 3.8) is 0 Å². The molecule has 0 heterocycles. The molecule has 1 unspecified atom stereocenters.